The zero-order chi connectivity index (χ0) is 14.9. The summed E-state index contributed by atoms with van der Waals surface area (Å²) in [5.41, 5.74) is 0.581. The van der Waals surface area contributed by atoms with Crippen molar-refractivity contribution < 1.29 is 17.3 Å². The number of hydrogen-bond donors (Lipinski definition) is 0. The quantitative estimate of drug-likeness (QED) is 0.860. The van der Waals surface area contributed by atoms with Gasteiger partial charge in [0.15, 0.2) is 5.75 Å². The fourth-order valence-electron chi connectivity index (χ4n) is 2.10. The van der Waals surface area contributed by atoms with Gasteiger partial charge >= 0.3 is 10.3 Å². The molecule has 21 heavy (non-hydrogen) atoms. The highest BCUT2D eigenvalue weighted by atomic mass is 35.5. The zero-order valence-corrected chi connectivity index (χ0v) is 12.6. The lowest BCUT2D eigenvalue weighted by Gasteiger charge is -2.25. The molecule has 1 saturated heterocycles. The summed E-state index contributed by atoms with van der Waals surface area (Å²) in [6.45, 7) is 1.32. The second-order valence-electron chi connectivity index (χ2n) is 4.52. The number of pyridine rings is 1. The van der Waals surface area contributed by atoms with Gasteiger partial charge in [0.05, 0.1) is 18.7 Å². The standard InChI is InChI=1S/C13H13ClN2O4S/c14-10-1-2-11-12(9-10)15-4-3-13(11)20-21(17,18)16-5-7-19-8-6-16/h1-4,9H,5-8H2. The number of morpholine rings is 1. The fourth-order valence-corrected chi connectivity index (χ4v) is 3.34. The molecule has 2 aromatic rings. The molecule has 8 heteroatoms. The van der Waals surface area contributed by atoms with E-state index < -0.39 is 10.3 Å². The molecule has 0 radical (unpaired) electrons. The van der Waals surface area contributed by atoms with E-state index in [9.17, 15) is 8.42 Å². The molecule has 6 nitrogen and oxygen atoms in total. The van der Waals surface area contributed by atoms with Gasteiger partial charge < -0.3 is 8.92 Å². The minimum atomic E-state index is -3.85. The van der Waals surface area contributed by atoms with Gasteiger partial charge in [-0.15, -0.1) is 0 Å². The second kappa shape index (κ2) is 5.76. The minimum absolute atomic E-state index is 0.239. The molecule has 0 N–H and O–H groups in total. The number of aromatic nitrogens is 1. The van der Waals surface area contributed by atoms with E-state index in [2.05, 4.69) is 4.98 Å². The first-order chi connectivity index (χ1) is 10.1. The molecule has 2 heterocycles. The Morgan fingerprint density at radius 1 is 1.24 bits per heavy atom. The van der Waals surface area contributed by atoms with Gasteiger partial charge in [-0.2, -0.15) is 12.7 Å². The van der Waals surface area contributed by atoms with Crippen LogP contribution in [0.1, 0.15) is 0 Å². The Morgan fingerprint density at radius 2 is 2.00 bits per heavy atom. The molecule has 0 amide bonds. The SMILES string of the molecule is O=S(=O)(Oc1ccnc2cc(Cl)ccc12)N1CCOCC1. The van der Waals surface area contributed by atoms with Gasteiger partial charge in [-0.1, -0.05) is 11.6 Å². The lowest BCUT2D eigenvalue weighted by molar-refractivity contribution is 0.0698. The second-order valence-corrected chi connectivity index (χ2v) is 6.50. The van der Waals surface area contributed by atoms with E-state index in [1.54, 1.807) is 18.2 Å². The van der Waals surface area contributed by atoms with E-state index in [0.29, 0.717) is 29.1 Å². The molecular formula is C13H13ClN2O4S. The third-order valence-corrected chi connectivity index (χ3v) is 4.77. The van der Waals surface area contributed by atoms with Crippen LogP contribution in [-0.4, -0.2) is 44.0 Å². The average Bonchev–Trinajstić information content (AvgIpc) is 2.48. The maximum Gasteiger partial charge on any atom is 0.385 e. The Labute approximate surface area is 127 Å². The molecule has 1 aliphatic rings. The molecule has 0 spiro atoms. The van der Waals surface area contributed by atoms with Crippen molar-refractivity contribution in [1.29, 1.82) is 0 Å². The first kappa shape index (κ1) is 14.5. The van der Waals surface area contributed by atoms with Gasteiger partial charge in [0, 0.05) is 35.8 Å². The van der Waals surface area contributed by atoms with Crippen LogP contribution in [0.25, 0.3) is 10.9 Å². The van der Waals surface area contributed by atoms with Crippen LogP contribution in [0.2, 0.25) is 5.02 Å². The van der Waals surface area contributed by atoms with Crippen molar-refractivity contribution >= 4 is 32.8 Å². The summed E-state index contributed by atoms with van der Waals surface area (Å²) < 4.78 is 36.2. The molecular weight excluding hydrogens is 316 g/mol. The van der Waals surface area contributed by atoms with Crippen LogP contribution in [0.5, 0.6) is 5.75 Å². The zero-order valence-electron chi connectivity index (χ0n) is 11.0. The molecule has 112 valence electrons. The summed E-state index contributed by atoms with van der Waals surface area (Å²) in [4.78, 5) is 4.15. The van der Waals surface area contributed by atoms with Gasteiger partial charge in [0.1, 0.15) is 0 Å². The largest absolute Gasteiger partial charge is 0.385 e. The number of benzene rings is 1. The van der Waals surface area contributed by atoms with Crippen molar-refractivity contribution in [3.05, 3.63) is 35.5 Å². The Bertz CT molecular complexity index is 760. The molecule has 0 unspecified atom stereocenters. The maximum atomic E-state index is 12.3. The van der Waals surface area contributed by atoms with E-state index in [1.807, 2.05) is 0 Å². The molecule has 3 rings (SSSR count). The van der Waals surface area contributed by atoms with Gasteiger partial charge in [0.25, 0.3) is 0 Å². The van der Waals surface area contributed by atoms with Gasteiger partial charge in [-0.25, -0.2) is 0 Å². The van der Waals surface area contributed by atoms with E-state index in [1.165, 1.54) is 16.6 Å². The van der Waals surface area contributed by atoms with Crippen molar-refractivity contribution in [3.63, 3.8) is 0 Å². The monoisotopic (exact) mass is 328 g/mol. The summed E-state index contributed by atoms with van der Waals surface area (Å²) in [6, 6.07) is 6.54. The van der Waals surface area contributed by atoms with Gasteiger partial charge in [-0.3, -0.25) is 4.98 Å². The Hall–Kier alpha value is -1.41. The highest BCUT2D eigenvalue weighted by Crippen LogP contribution is 2.27. The topological polar surface area (TPSA) is 68.7 Å². The van der Waals surface area contributed by atoms with Crippen molar-refractivity contribution in [2.45, 2.75) is 0 Å². The number of halogens is 1. The highest BCUT2D eigenvalue weighted by Gasteiger charge is 2.26. The molecule has 0 saturated carbocycles. The third-order valence-electron chi connectivity index (χ3n) is 3.15. The molecule has 1 aliphatic heterocycles. The van der Waals surface area contributed by atoms with Crippen LogP contribution in [0.4, 0.5) is 0 Å². The molecule has 0 aliphatic carbocycles. The van der Waals surface area contributed by atoms with Crippen molar-refractivity contribution in [2.24, 2.45) is 0 Å². The first-order valence-corrected chi connectivity index (χ1v) is 8.12. The molecule has 1 aromatic carbocycles. The van der Waals surface area contributed by atoms with Crippen LogP contribution in [0.15, 0.2) is 30.5 Å². The molecule has 1 aromatic heterocycles. The Kier molecular flexibility index (Phi) is 3.99. The Balaban J connectivity index is 1.94. The maximum absolute atomic E-state index is 12.3. The number of hydrogen-bond acceptors (Lipinski definition) is 5. The van der Waals surface area contributed by atoms with E-state index in [-0.39, 0.29) is 18.8 Å². The predicted molar refractivity (Wildman–Crippen MR) is 78.7 cm³/mol. The first-order valence-electron chi connectivity index (χ1n) is 6.38. The minimum Gasteiger partial charge on any atom is -0.379 e. The Morgan fingerprint density at radius 3 is 2.76 bits per heavy atom. The summed E-state index contributed by atoms with van der Waals surface area (Å²) in [6.07, 6.45) is 1.49. The van der Waals surface area contributed by atoms with Crippen LogP contribution in [0, 0.1) is 0 Å². The lowest BCUT2D eigenvalue weighted by Crippen LogP contribution is -2.42. The average molecular weight is 329 g/mol. The molecule has 1 fully saturated rings. The predicted octanol–water partition coefficient (Wildman–Crippen LogP) is 1.84. The fraction of sp³-hybridized carbons (Fsp3) is 0.308. The van der Waals surface area contributed by atoms with Gasteiger partial charge in [0.2, 0.25) is 0 Å². The summed E-state index contributed by atoms with van der Waals surface area (Å²) in [7, 11) is -3.85. The number of fused-ring (bicyclic) bond motifs is 1. The number of rotatable bonds is 3. The van der Waals surface area contributed by atoms with Crippen LogP contribution < -0.4 is 4.18 Å². The lowest BCUT2D eigenvalue weighted by atomic mass is 10.2. The van der Waals surface area contributed by atoms with Crippen molar-refractivity contribution in [2.75, 3.05) is 26.3 Å². The molecule has 0 bridgehead atoms. The van der Waals surface area contributed by atoms with Gasteiger partial charge in [-0.05, 0) is 18.2 Å². The van der Waals surface area contributed by atoms with E-state index in [0.717, 1.165) is 0 Å². The normalized spacial score (nSPS) is 17.0. The summed E-state index contributed by atoms with van der Waals surface area (Å²) >= 11 is 5.90. The summed E-state index contributed by atoms with van der Waals surface area (Å²) in [5.74, 6) is 0.239. The number of nitrogens with zero attached hydrogens (tertiary/aromatic N) is 2. The van der Waals surface area contributed by atoms with Crippen LogP contribution >= 0.6 is 11.6 Å². The van der Waals surface area contributed by atoms with E-state index >= 15 is 0 Å². The number of ether oxygens (including phenoxy) is 1. The molecule has 0 atom stereocenters. The van der Waals surface area contributed by atoms with Crippen LogP contribution in [0.3, 0.4) is 0 Å². The third kappa shape index (κ3) is 3.11. The van der Waals surface area contributed by atoms with Crippen LogP contribution in [-0.2, 0) is 15.0 Å². The van der Waals surface area contributed by atoms with Crippen molar-refractivity contribution in [1.82, 2.24) is 9.29 Å². The van der Waals surface area contributed by atoms with Crippen molar-refractivity contribution in [3.8, 4) is 5.75 Å². The highest BCUT2D eigenvalue weighted by molar-refractivity contribution is 7.84. The summed E-state index contributed by atoms with van der Waals surface area (Å²) in [5, 5.41) is 1.13. The smallest absolute Gasteiger partial charge is 0.379 e. The van der Waals surface area contributed by atoms with E-state index in [4.69, 9.17) is 20.5 Å².